The van der Waals surface area contributed by atoms with Crippen LogP contribution in [0, 0.1) is 34.9 Å². The van der Waals surface area contributed by atoms with Gasteiger partial charge < -0.3 is 0 Å². The molecule has 2 nitrogen and oxygen atoms in total. The van der Waals surface area contributed by atoms with Crippen molar-refractivity contribution >= 4 is 6.29 Å². The van der Waals surface area contributed by atoms with Gasteiger partial charge >= 0.3 is 0 Å². The Hall–Kier alpha value is -2.38. The fourth-order valence-electron chi connectivity index (χ4n) is 1.57. The van der Waals surface area contributed by atoms with Crippen molar-refractivity contribution in [2.45, 2.75) is 0 Å². The van der Waals surface area contributed by atoms with Gasteiger partial charge in [0, 0.05) is 5.56 Å². The zero-order chi connectivity index (χ0) is 15.0. The summed E-state index contributed by atoms with van der Waals surface area (Å²) in [6, 6.07) is 0.563. The summed E-state index contributed by atoms with van der Waals surface area (Å²) in [4.78, 5) is 13.9. The highest BCUT2D eigenvalue weighted by molar-refractivity contribution is 5.85. The Morgan fingerprint density at radius 2 is 1.35 bits per heavy atom. The van der Waals surface area contributed by atoms with Crippen LogP contribution in [-0.2, 0) is 0 Å². The van der Waals surface area contributed by atoms with E-state index in [4.69, 9.17) is 0 Å². The minimum atomic E-state index is -2.33. The van der Waals surface area contributed by atoms with Crippen molar-refractivity contribution in [1.82, 2.24) is 4.98 Å². The van der Waals surface area contributed by atoms with Crippen molar-refractivity contribution in [2.75, 3.05) is 0 Å². The fraction of sp³-hybridized carbons (Fsp3) is 0. The van der Waals surface area contributed by atoms with E-state index in [1.54, 1.807) is 0 Å². The first kappa shape index (κ1) is 14.0. The number of hydrogen-bond donors (Lipinski definition) is 0. The van der Waals surface area contributed by atoms with E-state index < -0.39 is 51.7 Å². The van der Waals surface area contributed by atoms with Gasteiger partial charge in [-0.2, -0.15) is 0 Å². The van der Waals surface area contributed by atoms with Crippen LogP contribution >= 0.6 is 0 Å². The maximum Gasteiger partial charge on any atom is 0.200 e. The number of rotatable bonds is 2. The monoisotopic (exact) mass is 291 g/mol. The fourth-order valence-corrected chi connectivity index (χ4v) is 1.57. The van der Waals surface area contributed by atoms with Gasteiger partial charge in [-0.05, 0) is 6.07 Å². The Balaban J connectivity index is 2.87. The molecule has 0 bridgehead atoms. The molecule has 8 heteroatoms. The molecule has 0 fully saturated rings. The third kappa shape index (κ3) is 2.02. The zero-order valence-corrected chi connectivity index (χ0v) is 9.36. The average Bonchev–Trinajstić information content (AvgIpc) is 2.44. The van der Waals surface area contributed by atoms with E-state index in [2.05, 4.69) is 4.98 Å². The Bertz CT molecular complexity index is 687. The van der Waals surface area contributed by atoms with Gasteiger partial charge in [-0.25, -0.2) is 26.3 Å². The van der Waals surface area contributed by atoms with Crippen LogP contribution < -0.4 is 0 Å². The first-order valence-corrected chi connectivity index (χ1v) is 5.01. The van der Waals surface area contributed by atoms with Crippen LogP contribution in [0.2, 0.25) is 0 Å². The number of aldehydes is 1. The van der Waals surface area contributed by atoms with E-state index in [-0.39, 0.29) is 6.29 Å². The molecule has 0 N–H and O–H groups in total. The highest BCUT2D eigenvalue weighted by Crippen LogP contribution is 2.31. The Kier molecular flexibility index (Phi) is 3.47. The summed E-state index contributed by atoms with van der Waals surface area (Å²) < 4.78 is 78.9. The van der Waals surface area contributed by atoms with Gasteiger partial charge in [-0.1, -0.05) is 0 Å². The summed E-state index contributed by atoms with van der Waals surface area (Å²) in [6.07, 6.45) is 0.476. The summed E-state index contributed by atoms with van der Waals surface area (Å²) in [5.41, 5.74) is -2.87. The van der Waals surface area contributed by atoms with E-state index in [1.807, 2.05) is 0 Å². The first-order valence-electron chi connectivity index (χ1n) is 5.01. The summed E-state index contributed by atoms with van der Waals surface area (Å²) >= 11 is 0. The summed E-state index contributed by atoms with van der Waals surface area (Å²) in [6.45, 7) is 0. The molecule has 20 heavy (non-hydrogen) atoms. The lowest BCUT2D eigenvalue weighted by Crippen LogP contribution is -2.06. The third-order valence-electron chi connectivity index (χ3n) is 2.46. The number of hydrogen-bond acceptors (Lipinski definition) is 2. The molecule has 2 aromatic rings. The molecular weight excluding hydrogens is 288 g/mol. The molecule has 104 valence electrons. The maximum atomic E-state index is 13.5. The number of nitrogens with zero attached hydrogens (tertiary/aromatic N) is 1. The normalized spacial score (nSPS) is 10.7. The molecule has 1 aromatic carbocycles. The van der Waals surface area contributed by atoms with E-state index in [0.29, 0.717) is 12.3 Å². The van der Waals surface area contributed by atoms with E-state index >= 15 is 0 Å². The largest absolute Gasteiger partial charge is 0.298 e. The minimum Gasteiger partial charge on any atom is -0.298 e. The molecule has 0 spiro atoms. The highest BCUT2D eigenvalue weighted by Gasteiger charge is 2.28. The predicted octanol–water partition coefficient (Wildman–Crippen LogP) is 3.40. The number of benzene rings is 1. The van der Waals surface area contributed by atoms with Crippen molar-refractivity contribution in [3.63, 3.8) is 0 Å². The molecule has 0 aliphatic carbocycles. The van der Waals surface area contributed by atoms with E-state index in [0.717, 1.165) is 0 Å². The summed E-state index contributed by atoms with van der Waals surface area (Å²) in [5.74, 6) is -12.0. The first-order chi connectivity index (χ1) is 9.38. The van der Waals surface area contributed by atoms with Crippen molar-refractivity contribution < 1.29 is 31.1 Å². The lowest BCUT2D eigenvalue weighted by molar-refractivity contribution is 0.112. The van der Waals surface area contributed by atoms with E-state index in [1.165, 1.54) is 0 Å². The molecular formula is C12H3F6NO. The van der Waals surface area contributed by atoms with Gasteiger partial charge in [0.15, 0.2) is 29.6 Å². The molecule has 0 saturated carbocycles. The van der Waals surface area contributed by atoms with Gasteiger partial charge in [0.25, 0.3) is 0 Å². The van der Waals surface area contributed by atoms with E-state index in [9.17, 15) is 31.1 Å². The molecule has 0 amide bonds. The van der Waals surface area contributed by atoms with Crippen molar-refractivity contribution in [3.8, 4) is 11.3 Å². The maximum absolute atomic E-state index is 13.5. The summed E-state index contributed by atoms with van der Waals surface area (Å²) in [7, 11) is 0. The van der Waals surface area contributed by atoms with Gasteiger partial charge in [0.1, 0.15) is 5.82 Å². The standard InChI is InChI=1S/C12H3F6NO/c13-5-1-4(3-20)12(19-2-5)6-7(14)9(16)11(18)10(17)8(6)15/h1-3H. The average molecular weight is 291 g/mol. The van der Waals surface area contributed by atoms with Gasteiger partial charge in [0.2, 0.25) is 5.82 Å². The van der Waals surface area contributed by atoms with Crippen LogP contribution in [0.25, 0.3) is 11.3 Å². The number of carbonyl (C=O) groups is 1. The van der Waals surface area contributed by atoms with Crippen LogP contribution in [0.5, 0.6) is 0 Å². The number of pyridine rings is 1. The molecule has 0 atom stereocenters. The predicted molar refractivity (Wildman–Crippen MR) is 54.8 cm³/mol. The van der Waals surface area contributed by atoms with Crippen LogP contribution in [0.1, 0.15) is 10.4 Å². The molecule has 2 rings (SSSR count). The number of halogens is 6. The molecule has 0 aliphatic heterocycles. The Morgan fingerprint density at radius 3 is 1.85 bits per heavy atom. The third-order valence-corrected chi connectivity index (χ3v) is 2.46. The smallest absolute Gasteiger partial charge is 0.200 e. The number of aromatic nitrogens is 1. The quantitative estimate of drug-likeness (QED) is 0.367. The molecule has 0 unspecified atom stereocenters. The second-order valence-corrected chi connectivity index (χ2v) is 3.65. The SMILES string of the molecule is O=Cc1cc(F)cnc1-c1c(F)c(F)c(F)c(F)c1F. The molecule has 1 heterocycles. The van der Waals surface area contributed by atoms with Crippen LogP contribution in [0.15, 0.2) is 12.3 Å². The summed E-state index contributed by atoms with van der Waals surface area (Å²) in [5, 5.41) is 0. The second kappa shape index (κ2) is 4.95. The van der Waals surface area contributed by atoms with Crippen molar-refractivity contribution in [1.29, 1.82) is 0 Å². The zero-order valence-electron chi connectivity index (χ0n) is 9.36. The van der Waals surface area contributed by atoms with Gasteiger partial charge in [0.05, 0.1) is 17.5 Å². The Labute approximate surface area is 107 Å². The lowest BCUT2D eigenvalue weighted by atomic mass is 10.0. The van der Waals surface area contributed by atoms with Crippen molar-refractivity contribution in [2.24, 2.45) is 0 Å². The topological polar surface area (TPSA) is 30.0 Å². The van der Waals surface area contributed by atoms with Crippen LogP contribution in [-0.4, -0.2) is 11.3 Å². The van der Waals surface area contributed by atoms with Crippen molar-refractivity contribution in [3.05, 3.63) is 52.7 Å². The molecule has 0 aliphatic rings. The van der Waals surface area contributed by atoms with Crippen LogP contribution in [0.3, 0.4) is 0 Å². The van der Waals surface area contributed by atoms with Gasteiger partial charge in [-0.3, -0.25) is 9.78 Å². The van der Waals surface area contributed by atoms with Gasteiger partial charge in [-0.15, -0.1) is 0 Å². The Morgan fingerprint density at radius 1 is 0.850 bits per heavy atom. The number of carbonyl (C=O) groups excluding carboxylic acids is 1. The molecule has 1 aromatic heterocycles. The van der Waals surface area contributed by atoms with Crippen LogP contribution in [0.4, 0.5) is 26.3 Å². The second-order valence-electron chi connectivity index (χ2n) is 3.65. The minimum absolute atomic E-state index is 0.0105. The lowest BCUT2D eigenvalue weighted by Gasteiger charge is -2.09. The molecule has 0 radical (unpaired) electrons. The molecule has 0 saturated heterocycles. The highest BCUT2D eigenvalue weighted by atomic mass is 19.2.